The van der Waals surface area contributed by atoms with Crippen molar-refractivity contribution in [1.82, 2.24) is 15.6 Å². The number of allylic oxidation sites excluding steroid dienone is 1. The summed E-state index contributed by atoms with van der Waals surface area (Å²) in [6.07, 6.45) is 2.90. The van der Waals surface area contributed by atoms with Crippen molar-refractivity contribution in [3.05, 3.63) is 98.8 Å². The van der Waals surface area contributed by atoms with E-state index in [1.54, 1.807) is 6.92 Å². The number of pyridine rings is 1. The summed E-state index contributed by atoms with van der Waals surface area (Å²) in [5.41, 5.74) is 5.93. The first-order valence-corrected chi connectivity index (χ1v) is 12.9. The number of aromatic nitrogens is 1. The number of halogens is 1. The maximum absolute atomic E-state index is 13.5. The van der Waals surface area contributed by atoms with E-state index >= 15 is 0 Å². The third kappa shape index (κ3) is 5.39. The molecule has 1 amide bonds. The summed E-state index contributed by atoms with van der Waals surface area (Å²) in [4.78, 5) is 38.6. The molecular weight excluding hydrogens is 516 g/mol. The van der Waals surface area contributed by atoms with Gasteiger partial charge in [-0.2, -0.15) is 0 Å². The molecule has 1 atom stereocenters. The molecule has 1 aromatic heterocycles. The lowest BCUT2D eigenvalue weighted by Crippen LogP contribution is -2.44. The molecule has 0 saturated carbocycles. The van der Waals surface area contributed by atoms with Gasteiger partial charge in [0.25, 0.3) is 5.91 Å². The number of hydrogen-bond donors (Lipinski definition) is 4. The highest BCUT2D eigenvalue weighted by Gasteiger charge is 2.32. The van der Waals surface area contributed by atoms with E-state index < -0.39 is 17.9 Å². The Balaban J connectivity index is 1.46. The lowest BCUT2D eigenvalue weighted by Gasteiger charge is -2.27. The Morgan fingerprint density at radius 3 is 2.72 bits per heavy atom. The van der Waals surface area contributed by atoms with Crippen LogP contribution in [0.15, 0.2) is 76.0 Å². The minimum Gasteiger partial charge on any atom is -0.478 e. The topological polar surface area (TPSA) is 128 Å². The SMILES string of the molecule is CCc1cccc2c1CC(NC1=NC(c3ccc(C)cc3Cl)C(C(=O)Nc3cc(C(=O)O)ccn3)=C(C)N1)=N2. The number of nitrogens with one attached hydrogen (secondary N) is 3. The van der Waals surface area contributed by atoms with Gasteiger partial charge in [-0.15, -0.1) is 0 Å². The minimum absolute atomic E-state index is 0.0139. The van der Waals surface area contributed by atoms with Crippen molar-refractivity contribution >= 4 is 46.8 Å². The highest BCUT2D eigenvalue weighted by molar-refractivity contribution is 6.31. The molecule has 2 aromatic carbocycles. The maximum Gasteiger partial charge on any atom is 0.335 e. The second kappa shape index (κ2) is 10.7. The van der Waals surface area contributed by atoms with Crippen molar-refractivity contribution in [1.29, 1.82) is 0 Å². The van der Waals surface area contributed by atoms with Crippen LogP contribution in [0.25, 0.3) is 0 Å². The molecule has 0 bridgehead atoms. The average molecular weight is 543 g/mol. The maximum atomic E-state index is 13.5. The van der Waals surface area contributed by atoms with E-state index in [0.717, 1.165) is 23.5 Å². The molecule has 4 N–H and O–H groups in total. The van der Waals surface area contributed by atoms with Gasteiger partial charge >= 0.3 is 5.97 Å². The molecule has 10 heteroatoms. The van der Waals surface area contributed by atoms with Gasteiger partial charge in [0.1, 0.15) is 17.7 Å². The van der Waals surface area contributed by atoms with Crippen LogP contribution in [0.5, 0.6) is 0 Å². The molecule has 0 radical (unpaired) electrons. The van der Waals surface area contributed by atoms with Gasteiger partial charge in [0, 0.05) is 28.9 Å². The number of amides is 1. The Bertz CT molecular complexity index is 1590. The number of carboxylic acid groups (broad SMARTS) is 1. The lowest BCUT2D eigenvalue weighted by molar-refractivity contribution is -0.113. The standard InChI is InChI=1S/C29H27ClN6O3/c1-4-17-6-5-7-22-20(17)14-24(33-22)35-29-32-16(3)25(26(36-29)19-9-8-15(2)12-21(19)30)27(37)34-23-13-18(28(38)39)10-11-31-23/h5-13,26H,4,14H2,1-3H3,(H,38,39)(H,31,34,37)(H2,32,33,35,36). The Hall–Kier alpha value is -4.50. The highest BCUT2D eigenvalue weighted by Crippen LogP contribution is 2.36. The number of fused-ring (bicyclic) bond motifs is 1. The number of carbonyl (C=O) groups excluding carboxylic acids is 1. The van der Waals surface area contributed by atoms with E-state index in [0.29, 0.717) is 34.2 Å². The molecule has 0 saturated heterocycles. The molecule has 3 heterocycles. The number of aryl methyl sites for hydroxylation is 2. The predicted molar refractivity (Wildman–Crippen MR) is 152 cm³/mol. The number of hydrogen-bond acceptors (Lipinski definition) is 7. The van der Waals surface area contributed by atoms with Crippen molar-refractivity contribution in [2.45, 2.75) is 39.7 Å². The fourth-order valence-corrected chi connectivity index (χ4v) is 5.09. The van der Waals surface area contributed by atoms with Crippen LogP contribution in [0.2, 0.25) is 5.02 Å². The minimum atomic E-state index is -1.12. The highest BCUT2D eigenvalue weighted by atomic mass is 35.5. The van der Waals surface area contributed by atoms with Gasteiger partial charge < -0.3 is 21.1 Å². The van der Waals surface area contributed by atoms with Crippen LogP contribution < -0.4 is 16.0 Å². The van der Waals surface area contributed by atoms with Crippen LogP contribution in [0.1, 0.15) is 52.5 Å². The number of benzene rings is 2. The van der Waals surface area contributed by atoms with E-state index in [-0.39, 0.29) is 11.4 Å². The largest absolute Gasteiger partial charge is 0.478 e. The Morgan fingerprint density at radius 2 is 1.97 bits per heavy atom. The molecule has 1 unspecified atom stereocenters. The van der Waals surface area contributed by atoms with Crippen LogP contribution >= 0.6 is 11.6 Å². The fraction of sp³-hybridized carbons (Fsp3) is 0.207. The summed E-state index contributed by atoms with van der Waals surface area (Å²) in [5, 5.41) is 19.0. The first-order valence-electron chi connectivity index (χ1n) is 12.5. The van der Waals surface area contributed by atoms with Crippen LogP contribution in [-0.2, 0) is 17.6 Å². The van der Waals surface area contributed by atoms with E-state index in [1.807, 2.05) is 37.3 Å². The van der Waals surface area contributed by atoms with Crippen LogP contribution in [-0.4, -0.2) is 33.8 Å². The number of aromatic carboxylic acids is 1. The van der Waals surface area contributed by atoms with Gasteiger partial charge in [0.15, 0.2) is 0 Å². The molecule has 2 aliphatic rings. The van der Waals surface area contributed by atoms with Gasteiger partial charge in [-0.05, 0) is 61.2 Å². The monoisotopic (exact) mass is 542 g/mol. The van der Waals surface area contributed by atoms with Crippen molar-refractivity contribution in [2.75, 3.05) is 5.32 Å². The van der Waals surface area contributed by atoms with E-state index in [9.17, 15) is 14.7 Å². The zero-order valence-electron chi connectivity index (χ0n) is 21.7. The second-order valence-electron chi connectivity index (χ2n) is 9.39. The summed E-state index contributed by atoms with van der Waals surface area (Å²) in [6.45, 7) is 5.84. The molecule has 3 aromatic rings. The molecule has 0 spiro atoms. The normalized spacial score (nSPS) is 16.2. The zero-order chi connectivity index (χ0) is 27.7. The molecular formula is C29H27ClN6O3. The van der Waals surface area contributed by atoms with Crippen LogP contribution in [0.4, 0.5) is 11.5 Å². The zero-order valence-corrected chi connectivity index (χ0v) is 22.4. The van der Waals surface area contributed by atoms with E-state index in [1.165, 1.54) is 29.5 Å². The van der Waals surface area contributed by atoms with E-state index in [2.05, 4.69) is 33.9 Å². The Labute approximate surface area is 230 Å². The number of carboxylic acids is 1. The molecule has 39 heavy (non-hydrogen) atoms. The van der Waals surface area contributed by atoms with Gasteiger partial charge in [-0.3, -0.25) is 4.79 Å². The number of guanidine groups is 1. The van der Waals surface area contributed by atoms with Crippen molar-refractivity contribution in [3.63, 3.8) is 0 Å². The summed E-state index contributed by atoms with van der Waals surface area (Å²) in [6, 6.07) is 13.6. The molecule has 198 valence electrons. The van der Waals surface area contributed by atoms with Crippen molar-refractivity contribution < 1.29 is 14.7 Å². The number of aliphatic imine (C=N–C) groups is 2. The van der Waals surface area contributed by atoms with Gasteiger partial charge in [0.05, 0.1) is 16.8 Å². The van der Waals surface area contributed by atoms with E-state index in [4.69, 9.17) is 21.6 Å². The summed E-state index contributed by atoms with van der Waals surface area (Å²) in [7, 11) is 0. The summed E-state index contributed by atoms with van der Waals surface area (Å²) >= 11 is 6.64. The molecule has 9 nitrogen and oxygen atoms in total. The first-order chi connectivity index (χ1) is 18.7. The fourth-order valence-electron chi connectivity index (χ4n) is 4.75. The third-order valence-electron chi connectivity index (χ3n) is 6.68. The quantitative estimate of drug-likeness (QED) is 0.355. The van der Waals surface area contributed by atoms with Gasteiger partial charge in [-0.1, -0.05) is 42.8 Å². The predicted octanol–water partition coefficient (Wildman–Crippen LogP) is 5.09. The number of amidine groups is 1. The van der Waals surface area contributed by atoms with Crippen LogP contribution in [0, 0.1) is 6.92 Å². The first kappa shape index (κ1) is 26.1. The summed E-state index contributed by atoms with van der Waals surface area (Å²) < 4.78 is 0. The summed E-state index contributed by atoms with van der Waals surface area (Å²) in [5.74, 6) is -0.276. The van der Waals surface area contributed by atoms with Crippen molar-refractivity contribution in [2.24, 2.45) is 9.98 Å². The number of nitrogens with zero attached hydrogens (tertiary/aromatic N) is 3. The molecule has 5 rings (SSSR count). The number of anilines is 1. The van der Waals surface area contributed by atoms with Gasteiger partial charge in [0.2, 0.25) is 5.96 Å². The smallest absolute Gasteiger partial charge is 0.335 e. The van der Waals surface area contributed by atoms with Crippen molar-refractivity contribution in [3.8, 4) is 0 Å². The molecule has 0 fully saturated rings. The molecule has 0 aliphatic carbocycles. The molecule has 2 aliphatic heterocycles. The number of rotatable bonds is 5. The Kier molecular flexibility index (Phi) is 7.17. The Morgan fingerprint density at radius 1 is 1.15 bits per heavy atom. The van der Waals surface area contributed by atoms with Crippen LogP contribution in [0.3, 0.4) is 0 Å². The average Bonchev–Trinajstić information content (AvgIpc) is 3.31. The second-order valence-corrected chi connectivity index (χ2v) is 9.79. The number of carbonyl (C=O) groups is 2. The van der Waals surface area contributed by atoms with Gasteiger partial charge in [-0.25, -0.2) is 19.8 Å². The lowest BCUT2D eigenvalue weighted by atomic mass is 9.95. The third-order valence-corrected chi connectivity index (χ3v) is 7.00.